The highest BCUT2D eigenvalue weighted by molar-refractivity contribution is 5.97. The molecule has 2 nitrogen and oxygen atoms in total. The lowest BCUT2D eigenvalue weighted by Crippen LogP contribution is -2.09. The third-order valence-corrected chi connectivity index (χ3v) is 3.70. The molecule has 3 heteroatoms. The van der Waals surface area contributed by atoms with Crippen LogP contribution in [-0.4, -0.2) is 10.8 Å². The van der Waals surface area contributed by atoms with E-state index in [-0.39, 0.29) is 5.78 Å². The van der Waals surface area contributed by atoms with Crippen LogP contribution in [-0.2, 0) is 0 Å². The number of rotatable bonds is 2. The summed E-state index contributed by atoms with van der Waals surface area (Å²) in [7, 11) is 0. The van der Waals surface area contributed by atoms with Crippen LogP contribution in [0.3, 0.4) is 0 Å². The van der Waals surface area contributed by atoms with Crippen LogP contribution in [0.15, 0.2) is 18.8 Å². The summed E-state index contributed by atoms with van der Waals surface area (Å²) in [5.41, 5.74) is 0.876. The van der Waals surface area contributed by atoms with Crippen LogP contribution < -0.4 is 0 Å². The predicted molar refractivity (Wildman–Crippen MR) is 81.1 cm³/mol. The van der Waals surface area contributed by atoms with Crippen LogP contribution >= 0.6 is 0 Å². The maximum atomic E-state index is 12.5. The van der Waals surface area contributed by atoms with Gasteiger partial charge < -0.3 is 0 Å². The Morgan fingerprint density at radius 1 is 1.40 bits per heavy atom. The van der Waals surface area contributed by atoms with Crippen LogP contribution in [0.4, 0.5) is 4.39 Å². The summed E-state index contributed by atoms with van der Waals surface area (Å²) in [6.07, 6.45) is 8.67. The molecule has 20 heavy (non-hydrogen) atoms. The number of hydrogen-bond acceptors (Lipinski definition) is 2. The summed E-state index contributed by atoms with van der Waals surface area (Å²) in [5.74, 6) is 1.19. The number of Topliss-reactive ketones (excluding diaryl/α,β-unsaturated/α-hetero) is 1. The number of hydrogen-bond donors (Lipinski definition) is 0. The van der Waals surface area contributed by atoms with Crippen molar-refractivity contribution in [3.63, 3.8) is 0 Å². The van der Waals surface area contributed by atoms with Gasteiger partial charge in [-0.25, -0.2) is 4.98 Å². The molecule has 1 aliphatic rings. The number of carbonyl (C=O) groups is 1. The first kappa shape index (κ1) is 16.5. The highest BCUT2D eigenvalue weighted by Gasteiger charge is 2.13. The quantitative estimate of drug-likeness (QED) is 0.568. The van der Waals surface area contributed by atoms with Crippen molar-refractivity contribution in [3.05, 3.63) is 35.9 Å². The first-order valence-electron chi connectivity index (χ1n) is 7.23. The Morgan fingerprint density at radius 3 is 2.40 bits per heavy atom. The normalized spacial score (nSPS) is 21.6. The Kier molecular flexibility index (Phi) is 6.56. The van der Waals surface area contributed by atoms with Crippen molar-refractivity contribution in [2.75, 3.05) is 0 Å². The Morgan fingerprint density at radius 2 is 2.00 bits per heavy atom. The molecule has 1 heterocycles. The van der Waals surface area contributed by atoms with Crippen molar-refractivity contribution in [3.8, 4) is 0 Å². The number of aromatic nitrogens is 1. The first-order valence-corrected chi connectivity index (χ1v) is 7.23. The Labute approximate surface area is 121 Å². The van der Waals surface area contributed by atoms with Gasteiger partial charge in [-0.3, -0.25) is 4.79 Å². The molecule has 1 aromatic rings. The third kappa shape index (κ3) is 5.24. The highest BCUT2D eigenvalue weighted by atomic mass is 19.1. The number of ketones is 1. The molecule has 2 rings (SSSR count). The molecule has 0 aromatic carbocycles. The Balaban J connectivity index is 0.000000217. The van der Waals surface area contributed by atoms with Crippen molar-refractivity contribution in [2.45, 2.75) is 46.5 Å². The lowest BCUT2D eigenvalue weighted by Gasteiger charge is -2.22. The van der Waals surface area contributed by atoms with Gasteiger partial charge in [-0.05, 0) is 25.2 Å². The van der Waals surface area contributed by atoms with Crippen LogP contribution in [0.2, 0.25) is 0 Å². The van der Waals surface area contributed by atoms with Gasteiger partial charge in [-0.1, -0.05) is 45.8 Å². The summed E-state index contributed by atoms with van der Waals surface area (Å²) in [4.78, 5) is 14.3. The molecule has 0 radical (unpaired) electrons. The second-order valence-corrected chi connectivity index (χ2v) is 5.73. The Hall–Kier alpha value is -1.51. The van der Waals surface area contributed by atoms with Crippen molar-refractivity contribution in [1.82, 2.24) is 4.98 Å². The molecule has 1 saturated carbocycles. The van der Waals surface area contributed by atoms with E-state index in [0.717, 1.165) is 17.9 Å². The van der Waals surface area contributed by atoms with E-state index >= 15 is 0 Å². The van der Waals surface area contributed by atoms with Crippen LogP contribution in [0.1, 0.15) is 62.4 Å². The fourth-order valence-corrected chi connectivity index (χ4v) is 2.65. The highest BCUT2D eigenvalue weighted by Crippen LogP contribution is 2.27. The molecular formula is C17H24FNO. The topological polar surface area (TPSA) is 30.0 Å². The molecule has 0 N–H and O–H groups in total. The van der Waals surface area contributed by atoms with Crippen LogP contribution in [0.25, 0.3) is 6.08 Å². The molecule has 1 fully saturated rings. The van der Waals surface area contributed by atoms with E-state index in [1.54, 1.807) is 0 Å². The van der Waals surface area contributed by atoms with Gasteiger partial charge in [0.2, 0.25) is 5.95 Å². The van der Waals surface area contributed by atoms with Crippen LogP contribution in [0.5, 0.6) is 0 Å². The van der Waals surface area contributed by atoms with Gasteiger partial charge in [-0.2, -0.15) is 4.39 Å². The lowest BCUT2D eigenvalue weighted by molar-refractivity contribution is 0.101. The van der Waals surface area contributed by atoms with Crippen LogP contribution in [0, 0.1) is 17.8 Å². The molecule has 0 amide bonds. The summed E-state index contributed by atoms with van der Waals surface area (Å²) >= 11 is 0. The monoisotopic (exact) mass is 277 g/mol. The molecular weight excluding hydrogens is 253 g/mol. The molecule has 0 spiro atoms. The zero-order valence-corrected chi connectivity index (χ0v) is 12.7. The average Bonchev–Trinajstić information content (AvgIpc) is 2.39. The summed E-state index contributed by atoms with van der Waals surface area (Å²) in [5, 5.41) is 0. The zero-order chi connectivity index (χ0) is 15.1. The van der Waals surface area contributed by atoms with Gasteiger partial charge in [0.05, 0.1) is 0 Å². The fraction of sp³-hybridized carbons (Fsp3) is 0.529. The van der Waals surface area contributed by atoms with E-state index in [9.17, 15) is 9.18 Å². The number of nitrogens with zero attached hydrogens (tertiary/aromatic N) is 1. The number of pyridine rings is 1. The van der Waals surface area contributed by atoms with E-state index in [1.807, 2.05) is 0 Å². The molecule has 2 atom stereocenters. The molecule has 2 unspecified atom stereocenters. The zero-order valence-electron chi connectivity index (χ0n) is 12.7. The predicted octanol–water partition coefficient (Wildman–Crippen LogP) is 4.90. The van der Waals surface area contributed by atoms with Crippen molar-refractivity contribution in [2.24, 2.45) is 11.8 Å². The van der Waals surface area contributed by atoms with E-state index in [1.165, 1.54) is 44.9 Å². The minimum Gasteiger partial charge on any atom is -0.294 e. The van der Waals surface area contributed by atoms with Crippen molar-refractivity contribution >= 4 is 11.9 Å². The summed E-state index contributed by atoms with van der Waals surface area (Å²) in [6, 6.07) is 1.11. The molecule has 1 aromatic heterocycles. The molecule has 0 aliphatic heterocycles. The average molecular weight is 277 g/mol. The maximum absolute atomic E-state index is 12.5. The summed E-state index contributed by atoms with van der Waals surface area (Å²) in [6.45, 7) is 9.61. The fourth-order valence-electron chi connectivity index (χ4n) is 2.65. The molecule has 110 valence electrons. The number of carbonyl (C=O) groups excluding carboxylic acids is 1. The van der Waals surface area contributed by atoms with Gasteiger partial charge >= 0.3 is 0 Å². The second-order valence-electron chi connectivity index (χ2n) is 5.73. The van der Waals surface area contributed by atoms with Gasteiger partial charge in [0, 0.05) is 23.4 Å². The van der Waals surface area contributed by atoms with E-state index in [4.69, 9.17) is 0 Å². The lowest BCUT2D eigenvalue weighted by atomic mass is 9.84. The summed E-state index contributed by atoms with van der Waals surface area (Å²) < 4.78 is 12.5. The van der Waals surface area contributed by atoms with E-state index in [2.05, 4.69) is 25.4 Å². The Bertz CT molecular complexity index is 462. The number of halogens is 1. The third-order valence-electron chi connectivity index (χ3n) is 3.70. The first-order chi connectivity index (χ1) is 9.43. The van der Waals surface area contributed by atoms with Gasteiger partial charge in [0.15, 0.2) is 5.78 Å². The molecule has 0 saturated heterocycles. The van der Waals surface area contributed by atoms with E-state index < -0.39 is 5.95 Å². The van der Waals surface area contributed by atoms with Gasteiger partial charge in [0.25, 0.3) is 0 Å². The van der Waals surface area contributed by atoms with Gasteiger partial charge in [-0.15, -0.1) is 0 Å². The van der Waals surface area contributed by atoms with Crippen molar-refractivity contribution < 1.29 is 9.18 Å². The standard InChI is InChI=1S/C9H8FNO.C8H16/c1-3-7-5-11-9(10)4-8(7)6(2)12;1-7-4-3-5-8(2)6-7/h3-5H,1H2,2H3;7-8H,3-6H2,1-2H3. The maximum Gasteiger partial charge on any atom is 0.213 e. The SMILES string of the molecule is C=Cc1cnc(F)cc1C(C)=O.CC1CCCC(C)C1. The molecule has 1 aliphatic carbocycles. The van der Waals surface area contributed by atoms with Gasteiger partial charge in [0.1, 0.15) is 0 Å². The minimum atomic E-state index is -0.647. The largest absolute Gasteiger partial charge is 0.294 e. The smallest absolute Gasteiger partial charge is 0.213 e. The molecule has 0 bridgehead atoms. The van der Waals surface area contributed by atoms with E-state index in [0.29, 0.717) is 11.1 Å². The van der Waals surface area contributed by atoms with Crippen molar-refractivity contribution in [1.29, 1.82) is 0 Å². The second kappa shape index (κ2) is 7.93. The minimum absolute atomic E-state index is 0.189.